The lowest BCUT2D eigenvalue weighted by molar-refractivity contribution is -0.151. The number of nitrogens with one attached hydrogen (secondary N) is 1. The van der Waals surface area contributed by atoms with E-state index >= 15 is 0 Å². The average Bonchev–Trinajstić information content (AvgIpc) is 3.07. The molecule has 1 aliphatic rings. The highest BCUT2D eigenvalue weighted by molar-refractivity contribution is 6.01. The summed E-state index contributed by atoms with van der Waals surface area (Å²) in [6.07, 6.45) is -4.70. The standard InChI is InChI=1S/C22H21F3N2O4/c1-13-6-5-7-14(2)20(13)27-11-15(10-19(27)29)21(30)31-12-18(28)26-17-9-4-3-8-16(17)22(23,24)25/h3-9,15H,10-12H2,1-2H3,(H,26,28)/t15-/m1/s1. The van der Waals surface area contributed by atoms with E-state index in [1.807, 2.05) is 32.0 Å². The fourth-order valence-corrected chi connectivity index (χ4v) is 3.59. The third-order valence-electron chi connectivity index (χ3n) is 5.02. The molecule has 1 aliphatic heterocycles. The van der Waals surface area contributed by atoms with Gasteiger partial charge in [-0.3, -0.25) is 14.4 Å². The number of para-hydroxylation sites is 2. The Kier molecular flexibility index (Phi) is 6.33. The fraction of sp³-hybridized carbons (Fsp3) is 0.318. The highest BCUT2D eigenvalue weighted by Crippen LogP contribution is 2.34. The van der Waals surface area contributed by atoms with Gasteiger partial charge in [0.1, 0.15) is 0 Å². The zero-order valence-electron chi connectivity index (χ0n) is 17.0. The minimum Gasteiger partial charge on any atom is -0.455 e. The molecule has 2 aromatic carbocycles. The van der Waals surface area contributed by atoms with E-state index in [0.29, 0.717) is 0 Å². The SMILES string of the molecule is Cc1cccc(C)c1N1C[C@H](C(=O)OCC(=O)Nc2ccccc2C(F)(F)F)CC1=O. The number of amides is 2. The topological polar surface area (TPSA) is 75.7 Å². The molecule has 0 radical (unpaired) electrons. The Balaban J connectivity index is 1.60. The second-order valence-corrected chi connectivity index (χ2v) is 7.35. The van der Waals surface area contributed by atoms with E-state index in [4.69, 9.17) is 4.74 Å². The van der Waals surface area contributed by atoms with Crippen molar-refractivity contribution in [3.63, 3.8) is 0 Å². The van der Waals surface area contributed by atoms with Crippen LogP contribution in [0.15, 0.2) is 42.5 Å². The number of carbonyl (C=O) groups excluding carboxylic acids is 3. The van der Waals surface area contributed by atoms with Crippen LogP contribution in [-0.2, 0) is 25.3 Å². The van der Waals surface area contributed by atoms with Gasteiger partial charge in [0.05, 0.1) is 17.2 Å². The van der Waals surface area contributed by atoms with E-state index in [9.17, 15) is 27.6 Å². The predicted octanol–water partition coefficient (Wildman–Crippen LogP) is 3.86. The number of ether oxygens (including phenoxy) is 1. The van der Waals surface area contributed by atoms with E-state index in [1.54, 1.807) is 0 Å². The first-order valence-corrected chi connectivity index (χ1v) is 9.57. The molecule has 1 N–H and O–H groups in total. The molecule has 0 saturated carbocycles. The third kappa shape index (κ3) is 5.04. The minimum absolute atomic E-state index is 0.0644. The van der Waals surface area contributed by atoms with E-state index < -0.39 is 41.8 Å². The molecule has 1 atom stereocenters. The van der Waals surface area contributed by atoms with E-state index in [2.05, 4.69) is 5.32 Å². The fourth-order valence-electron chi connectivity index (χ4n) is 3.59. The lowest BCUT2D eigenvalue weighted by Gasteiger charge is -2.21. The second-order valence-electron chi connectivity index (χ2n) is 7.35. The molecule has 0 bridgehead atoms. The van der Waals surface area contributed by atoms with E-state index in [-0.39, 0.29) is 18.9 Å². The number of benzene rings is 2. The van der Waals surface area contributed by atoms with Crippen molar-refractivity contribution in [2.45, 2.75) is 26.4 Å². The van der Waals surface area contributed by atoms with E-state index in [1.165, 1.54) is 17.0 Å². The van der Waals surface area contributed by atoms with Gasteiger partial charge in [-0.25, -0.2) is 0 Å². The second kappa shape index (κ2) is 8.79. The molecule has 1 heterocycles. The number of anilines is 2. The molecule has 0 aliphatic carbocycles. The number of hydrogen-bond acceptors (Lipinski definition) is 4. The Morgan fingerprint density at radius 2 is 1.74 bits per heavy atom. The third-order valence-corrected chi connectivity index (χ3v) is 5.02. The minimum atomic E-state index is -4.64. The molecule has 2 aromatic rings. The molecule has 0 unspecified atom stereocenters. The van der Waals surface area contributed by atoms with Crippen molar-refractivity contribution in [2.75, 3.05) is 23.4 Å². The summed E-state index contributed by atoms with van der Waals surface area (Å²) in [5.41, 5.74) is 1.10. The van der Waals surface area contributed by atoms with Crippen LogP contribution in [0.5, 0.6) is 0 Å². The van der Waals surface area contributed by atoms with Crippen LogP contribution >= 0.6 is 0 Å². The number of alkyl halides is 3. The summed E-state index contributed by atoms with van der Waals surface area (Å²) >= 11 is 0. The van der Waals surface area contributed by atoms with Gasteiger partial charge in [-0.2, -0.15) is 13.2 Å². The van der Waals surface area contributed by atoms with Crippen LogP contribution in [0.2, 0.25) is 0 Å². The van der Waals surface area contributed by atoms with Gasteiger partial charge in [-0.1, -0.05) is 30.3 Å². The number of halogens is 3. The molecule has 3 rings (SSSR count). The van der Waals surface area contributed by atoms with E-state index in [0.717, 1.165) is 28.9 Å². The van der Waals surface area contributed by atoms with Crippen LogP contribution in [0.3, 0.4) is 0 Å². The first-order chi connectivity index (χ1) is 14.6. The Bertz CT molecular complexity index is 1000. The van der Waals surface area contributed by atoms with Gasteiger partial charge in [-0.15, -0.1) is 0 Å². The van der Waals surface area contributed by atoms with Gasteiger partial charge in [0.2, 0.25) is 5.91 Å². The molecule has 31 heavy (non-hydrogen) atoms. The highest BCUT2D eigenvalue weighted by Gasteiger charge is 2.37. The summed E-state index contributed by atoms with van der Waals surface area (Å²) in [5.74, 6) is -2.65. The zero-order chi connectivity index (χ0) is 22.8. The molecule has 0 aromatic heterocycles. The van der Waals surface area contributed by atoms with Gasteiger partial charge in [0.25, 0.3) is 5.91 Å². The largest absolute Gasteiger partial charge is 0.455 e. The van der Waals surface area contributed by atoms with Crippen molar-refractivity contribution in [3.8, 4) is 0 Å². The normalized spacial score (nSPS) is 16.4. The zero-order valence-corrected chi connectivity index (χ0v) is 17.0. The number of nitrogens with zero attached hydrogens (tertiary/aromatic N) is 1. The monoisotopic (exact) mass is 434 g/mol. The first-order valence-electron chi connectivity index (χ1n) is 9.57. The summed E-state index contributed by atoms with van der Waals surface area (Å²) in [4.78, 5) is 38.3. The molecular weight excluding hydrogens is 413 g/mol. The maximum absolute atomic E-state index is 13.0. The molecule has 2 amide bonds. The van der Waals surface area contributed by atoms with Crippen LogP contribution in [0.25, 0.3) is 0 Å². The van der Waals surface area contributed by atoms with Gasteiger partial charge in [0.15, 0.2) is 6.61 Å². The van der Waals surface area contributed by atoms with Crippen molar-refractivity contribution >= 4 is 29.2 Å². The van der Waals surface area contributed by atoms with Crippen molar-refractivity contribution in [1.82, 2.24) is 0 Å². The van der Waals surface area contributed by atoms with Crippen LogP contribution in [0.4, 0.5) is 24.5 Å². The summed E-state index contributed by atoms with van der Waals surface area (Å²) in [6, 6.07) is 10.1. The van der Waals surface area contributed by atoms with Crippen LogP contribution in [0, 0.1) is 19.8 Å². The molecule has 1 saturated heterocycles. The highest BCUT2D eigenvalue weighted by atomic mass is 19.4. The maximum atomic E-state index is 13.0. The molecule has 164 valence electrons. The molecule has 0 spiro atoms. The van der Waals surface area contributed by atoms with Crippen molar-refractivity contribution < 1.29 is 32.3 Å². The van der Waals surface area contributed by atoms with Gasteiger partial charge in [0, 0.05) is 18.7 Å². The predicted molar refractivity (Wildman–Crippen MR) is 107 cm³/mol. The van der Waals surface area contributed by atoms with Gasteiger partial charge in [-0.05, 0) is 37.1 Å². The smallest absolute Gasteiger partial charge is 0.418 e. The van der Waals surface area contributed by atoms with Gasteiger partial charge >= 0.3 is 12.1 Å². The molecule has 1 fully saturated rings. The number of carbonyl (C=O) groups is 3. The molecule has 9 heteroatoms. The number of aryl methyl sites for hydroxylation is 2. The number of rotatable bonds is 5. The Labute approximate surface area is 177 Å². The summed E-state index contributed by atoms with van der Waals surface area (Å²) < 4.78 is 44.0. The van der Waals surface area contributed by atoms with Crippen LogP contribution < -0.4 is 10.2 Å². The Morgan fingerprint density at radius 3 is 2.39 bits per heavy atom. The van der Waals surface area contributed by atoms with Crippen LogP contribution in [0.1, 0.15) is 23.1 Å². The Morgan fingerprint density at radius 1 is 1.10 bits per heavy atom. The lowest BCUT2D eigenvalue weighted by Crippen LogP contribution is -2.29. The van der Waals surface area contributed by atoms with Crippen molar-refractivity contribution in [1.29, 1.82) is 0 Å². The van der Waals surface area contributed by atoms with Crippen LogP contribution in [-0.4, -0.2) is 30.9 Å². The summed E-state index contributed by atoms with van der Waals surface area (Å²) in [5, 5.41) is 2.11. The summed E-state index contributed by atoms with van der Waals surface area (Å²) in [6.45, 7) is 3.09. The maximum Gasteiger partial charge on any atom is 0.418 e. The average molecular weight is 434 g/mol. The quantitative estimate of drug-likeness (QED) is 0.726. The van der Waals surface area contributed by atoms with Crippen molar-refractivity contribution in [3.05, 3.63) is 59.2 Å². The number of hydrogen-bond donors (Lipinski definition) is 1. The molecular formula is C22H21F3N2O4. The Hall–Kier alpha value is -3.36. The first kappa shape index (κ1) is 22.3. The molecule has 6 nitrogen and oxygen atoms in total. The van der Waals surface area contributed by atoms with Crippen molar-refractivity contribution in [2.24, 2.45) is 5.92 Å². The summed E-state index contributed by atoms with van der Waals surface area (Å²) in [7, 11) is 0. The lowest BCUT2D eigenvalue weighted by atomic mass is 10.1. The van der Waals surface area contributed by atoms with Gasteiger partial charge < -0.3 is 15.0 Å². The number of esters is 1.